The number of halogens is 3. The fraction of sp³-hybridized carbons (Fsp3) is 0.333. The highest BCUT2D eigenvalue weighted by molar-refractivity contribution is 5.85. The Balaban J connectivity index is 0.000000686. The first-order valence-corrected chi connectivity index (χ1v) is 5.21. The maximum atomic E-state index is 12.1. The molecule has 0 atom stereocenters. The lowest BCUT2D eigenvalue weighted by molar-refractivity contribution is -0.274. The Hall–Kier alpha value is -1.65. The monoisotopic (exact) mass is 246 g/mol. The van der Waals surface area contributed by atoms with Crippen LogP contribution in [0.4, 0.5) is 13.2 Å². The summed E-state index contributed by atoms with van der Waals surface area (Å²) >= 11 is 0. The number of hydrogen-bond acceptors (Lipinski definition) is 2. The van der Waals surface area contributed by atoms with Gasteiger partial charge in [0.05, 0.1) is 5.39 Å². The van der Waals surface area contributed by atoms with E-state index in [1.54, 1.807) is 18.2 Å². The Labute approximate surface area is 97.0 Å². The third-order valence-corrected chi connectivity index (χ3v) is 1.93. The largest absolute Gasteiger partial charge is 0.573 e. The van der Waals surface area contributed by atoms with Gasteiger partial charge >= 0.3 is 6.36 Å². The summed E-state index contributed by atoms with van der Waals surface area (Å²) in [6.07, 6.45) is -4.70. The minimum Gasteiger partial charge on any atom is -0.457 e. The Morgan fingerprint density at radius 3 is 2.29 bits per heavy atom. The molecular weight excluding hydrogens is 233 g/mol. The van der Waals surface area contributed by atoms with Gasteiger partial charge in [-0.3, -0.25) is 0 Å². The van der Waals surface area contributed by atoms with Crippen molar-refractivity contribution in [2.24, 2.45) is 0 Å². The third-order valence-electron chi connectivity index (χ3n) is 1.93. The van der Waals surface area contributed by atoms with Crippen LogP contribution in [0.15, 0.2) is 28.7 Å². The number of hydrogen-bond donors (Lipinski definition) is 0. The molecule has 1 aromatic carbocycles. The second kappa shape index (κ2) is 5.12. The molecule has 0 spiro atoms. The average Bonchev–Trinajstić information content (AvgIpc) is 2.57. The van der Waals surface area contributed by atoms with E-state index in [4.69, 9.17) is 4.42 Å². The SMILES string of the molecule is CC.Cc1oc2ccccc2c1OC(F)(F)F. The van der Waals surface area contributed by atoms with Crippen LogP contribution in [0, 0.1) is 6.92 Å². The van der Waals surface area contributed by atoms with Gasteiger partial charge in [0.1, 0.15) is 11.3 Å². The first-order valence-electron chi connectivity index (χ1n) is 5.21. The summed E-state index contributed by atoms with van der Waals surface area (Å²) in [5.74, 6) is -0.147. The van der Waals surface area contributed by atoms with Crippen LogP contribution in [0.25, 0.3) is 11.0 Å². The second-order valence-corrected chi connectivity index (χ2v) is 3.03. The van der Waals surface area contributed by atoms with Gasteiger partial charge in [-0.05, 0) is 19.1 Å². The molecule has 0 fully saturated rings. The molecule has 5 heteroatoms. The van der Waals surface area contributed by atoms with Gasteiger partial charge in [0.25, 0.3) is 0 Å². The van der Waals surface area contributed by atoms with Crippen molar-refractivity contribution in [1.29, 1.82) is 0 Å². The highest BCUT2D eigenvalue weighted by Gasteiger charge is 2.33. The van der Waals surface area contributed by atoms with E-state index in [0.717, 1.165) is 0 Å². The number of furan rings is 1. The molecule has 0 aliphatic heterocycles. The fourth-order valence-corrected chi connectivity index (χ4v) is 1.39. The molecule has 1 heterocycles. The molecule has 0 aliphatic rings. The molecule has 2 rings (SSSR count). The zero-order valence-corrected chi connectivity index (χ0v) is 9.76. The minimum absolute atomic E-state index is 0.119. The predicted octanol–water partition coefficient (Wildman–Crippen LogP) is 4.67. The Morgan fingerprint density at radius 2 is 1.71 bits per heavy atom. The van der Waals surface area contributed by atoms with Gasteiger partial charge in [0, 0.05) is 0 Å². The van der Waals surface area contributed by atoms with Crippen LogP contribution in [0.2, 0.25) is 0 Å². The summed E-state index contributed by atoms with van der Waals surface area (Å²) in [4.78, 5) is 0. The van der Waals surface area contributed by atoms with E-state index in [1.165, 1.54) is 13.0 Å². The standard InChI is InChI=1S/C10H7F3O2.C2H6/c1-6-9(15-10(11,12)13)7-4-2-3-5-8(7)14-6;1-2/h2-5H,1H3;1-2H3. The van der Waals surface area contributed by atoms with E-state index < -0.39 is 6.36 Å². The van der Waals surface area contributed by atoms with Gasteiger partial charge in [-0.15, -0.1) is 13.2 Å². The Morgan fingerprint density at radius 1 is 1.12 bits per heavy atom. The molecule has 0 N–H and O–H groups in total. The van der Waals surface area contributed by atoms with Gasteiger partial charge in [-0.2, -0.15) is 0 Å². The van der Waals surface area contributed by atoms with Crippen LogP contribution in [-0.2, 0) is 0 Å². The second-order valence-electron chi connectivity index (χ2n) is 3.03. The van der Waals surface area contributed by atoms with Crippen molar-refractivity contribution in [3.8, 4) is 5.75 Å². The van der Waals surface area contributed by atoms with Crippen LogP contribution in [-0.4, -0.2) is 6.36 Å². The van der Waals surface area contributed by atoms with Crippen molar-refractivity contribution in [3.05, 3.63) is 30.0 Å². The lowest BCUT2D eigenvalue weighted by Crippen LogP contribution is -2.17. The summed E-state index contributed by atoms with van der Waals surface area (Å²) in [5, 5.41) is 0.326. The van der Waals surface area contributed by atoms with E-state index in [0.29, 0.717) is 11.0 Å². The fourth-order valence-electron chi connectivity index (χ4n) is 1.39. The summed E-state index contributed by atoms with van der Waals surface area (Å²) in [6.45, 7) is 5.43. The maximum absolute atomic E-state index is 12.1. The number of rotatable bonds is 1. The van der Waals surface area contributed by atoms with Crippen molar-refractivity contribution >= 4 is 11.0 Å². The molecule has 17 heavy (non-hydrogen) atoms. The minimum atomic E-state index is -4.70. The van der Waals surface area contributed by atoms with Crippen LogP contribution >= 0.6 is 0 Å². The van der Waals surface area contributed by atoms with Gasteiger partial charge < -0.3 is 9.15 Å². The number of fused-ring (bicyclic) bond motifs is 1. The van der Waals surface area contributed by atoms with E-state index in [1.807, 2.05) is 13.8 Å². The number of ether oxygens (including phenoxy) is 1. The van der Waals surface area contributed by atoms with Crippen molar-refractivity contribution in [1.82, 2.24) is 0 Å². The molecule has 0 amide bonds. The molecule has 2 nitrogen and oxygen atoms in total. The first kappa shape index (κ1) is 13.4. The third kappa shape index (κ3) is 3.15. The first-order chi connectivity index (χ1) is 7.97. The molecule has 1 aromatic heterocycles. The van der Waals surface area contributed by atoms with E-state index >= 15 is 0 Å². The van der Waals surface area contributed by atoms with Crippen molar-refractivity contribution in [3.63, 3.8) is 0 Å². The smallest absolute Gasteiger partial charge is 0.457 e. The van der Waals surface area contributed by atoms with Crippen molar-refractivity contribution in [2.75, 3.05) is 0 Å². The van der Waals surface area contributed by atoms with E-state index in [2.05, 4.69) is 4.74 Å². The highest BCUT2D eigenvalue weighted by Crippen LogP contribution is 2.35. The number of benzene rings is 1. The van der Waals surface area contributed by atoms with Crippen molar-refractivity contribution in [2.45, 2.75) is 27.1 Å². The van der Waals surface area contributed by atoms with Crippen LogP contribution < -0.4 is 4.74 Å². The quantitative estimate of drug-likeness (QED) is 0.729. The molecule has 0 bridgehead atoms. The Bertz CT molecular complexity index is 486. The van der Waals surface area contributed by atoms with Gasteiger partial charge in [0.2, 0.25) is 0 Å². The summed E-state index contributed by atoms with van der Waals surface area (Å²) in [7, 11) is 0. The van der Waals surface area contributed by atoms with Gasteiger partial charge in [-0.25, -0.2) is 0 Å². The molecule has 94 valence electrons. The summed E-state index contributed by atoms with van der Waals surface area (Å²) in [6, 6.07) is 6.42. The van der Waals surface area contributed by atoms with Crippen molar-refractivity contribution < 1.29 is 22.3 Å². The zero-order chi connectivity index (χ0) is 13.1. The topological polar surface area (TPSA) is 22.4 Å². The van der Waals surface area contributed by atoms with Crippen LogP contribution in [0.1, 0.15) is 19.6 Å². The van der Waals surface area contributed by atoms with E-state index in [9.17, 15) is 13.2 Å². The van der Waals surface area contributed by atoms with Crippen LogP contribution in [0.3, 0.4) is 0 Å². The highest BCUT2D eigenvalue weighted by atomic mass is 19.4. The van der Waals surface area contributed by atoms with Gasteiger partial charge in [0.15, 0.2) is 5.75 Å². The average molecular weight is 246 g/mol. The van der Waals surface area contributed by atoms with Gasteiger partial charge in [-0.1, -0.05) is 26.0 Å². The molecule has 0 saturated carbocycles. The number of aryl methyl sites for hydroxylation is 1. The lowest BCUT2D eigenvalue weighted by Gasteiger charge is -2.07. The summed E-state index contributed by atoms with van der Waals surface area (Å²) < 4.78 is 45.2. The molecule has 0 saturated heterocycles. The van der Waals surface area contributed by atoms with Crippen LogP contribution in [0.5, 0.6) is 5.75 Å². The maximum Gasteiger partial charge on any atom is 0.573 e. The molecule has 0 aliphatic carbocycles. The molecular formula is C12H13F3O2. The molecule has 2 aromatic rings. The molecule has 0 radical (unpaired) electrons. The lowest BCUT2D eigenvalue weighted by atomic mass is 10.2. The predicted molar refractivity (Wildman–Crippen MR) is 59.0 cm³/mol. The number of para-hydroxylation sites is 1. The molecule has 0 unspecified atom stereocenters. The summed E-state index contributed by atoms with van der Waals surface area (Å²) in [5.41, 5.74) is 0.384. The number of alkyl halides is 3. The Kier molecular flexibility index (Phi) is 4.04. The zero-order valence-electron chi connectivity index (χ0n) is 9.76. The van der Waals surface area contributed by atoms with E-state index in [-0.39, 0.29) is 11.5 Å². The normalized spacial score (nSPS) is 10.9.